The van der Waals surface area contributed by atoms with Crippen LogP contribution in [0.3, 0.4) is 0 Å². The molecule has 1 aromatic carbocycles. The maximum Gasteiger partial charge on any atom is 0.0633 e. The fraction of sp³-hybridized carbons (Fsp3) is 0.286. The molecule has 0 amide bonds. The number of benzene rings is 1. The van der Waals surface area contributed by atoms with Crippen LogP contribution in [-0.4, -0.2) is 0 Å². The van der Waals surface area contributed by atoms with Gasteiger partial charge in [0.1, 0.15) is 0 Å². The van der Waals surface area contributed by atoms with E-state index >= 15 is 0 Å². The van der Waals surface area contributed by atoms with Crippen LogP contribution >= 0.6 is 22.9 Å². The highest BCUT2D eigenvalue weighted by Gasteiger charge is 2.10. The second-order valence-electron chi connectivity index (χ2n) is 4.09. The van der Waals surface area contributed by atoms with Gasteiger partial charge in [0.2, 0.25) is 0 Å². The highest BCUT2D eigenvalue weighted by Crippen LogP contribution is 2.28. The molecule has 1 aromatic heterocycles. The zero-order valence-electron chi connectivity index (χ0n) is 9.53. The summed E-state index contributed by atoms with van der Waals surface area (Å²) in [4.78, 5) is 1.35. The van der Waals surface area contributed by atoms with Crippen molar-refractivity contribution in [3.05, 3.63) is 57.3 Å². The maximum atomic E-state index is 6.43. The number of hydrogen-bond acceptors (Lipinski definition) is 1. The second-order valence-corrected chi connectivity index (χ2v) is 5.65. The lowest BCUT2D eigenvalue weighted by atomic mass is 10.0. The Bertz CT molecular complexity index is 460. The van der Waals surface area contributed by atoms with Crippen molar-refractivity contribution in [1.29, 1.82) is 0 Å². The van der Waals surface area contributed by atoms with E-state index in [9.17, 15) is 0 Å². The monoisotopic (exact) mass is 250 g/mol. The van der Waals surface area contributed by atoms with E-state index in [-0.39, 0.29) is 5.38 Å². The van der Waals surface area contributed by atoms with Crippen molar-refractivity contribution in [3.63, 3.8) is 0 Å². The number of rotatable bonds is 3. The van der Waals surface area contributed by atoms with Crippen molar-refractivity contribution in [2.75, 3.05) is 0 Å². The average Bonchev–Trinajstić information content (AvgIpc) is 2.74. The third kappa shape index (κ3) is 2.66. The first-order valence-corrected chi connectivity index (χ1v) is 6.72. The Kier molecular flexibility index (Phi) is 3.67. The smallest absolute Gasteiger partial charge is 0.0633 e. The molecule has 2 aromatic rings. The maximum absolute atomic E-state index is 6.43. The van der Waals surface area contributed by atoms with E-state index in [1.807, 2.05) is 0 Å². The summed E-state index contributed by atoms with van der Waals surface area (Å²) in [5.41, 5.74) is 3.86. The number of thiophene rings is 1. The number of halogens is 1. The Morgan fingerprint density at radius 2 is 2.00 bits per heavy atom. The summed E-state index contributed by atoms with van der Waals surface area (Å²) < 4.78 is 0. The van der Waals surface area contributed by atoms with Crippen LogP contribution in [0.15, 0.2) is 35.7 Å². The molecule has 2 rings (SSSR count). The Morgan fingerprint density at radius 1 is 1.19 bits per heavy atom. The average molecular weight is 251 g/mol. The van der Waals surface area contributed by atoms with Crippen molar-refractivity contribution in [3.8, 4) is 0 Å². The number of alkyl halides is 1. The largest absolute Gasteiger partial charge is 0.149 e. The van der Waals surface area contributed by atoms with E-state index in [0.29, 0.717) is 0 Å². The molecule has 0 saturated heterocycles. The Hall–Kier alpha value is -0.790. The van der Waals surface area contributed by atoms with Crippen molar-refractivity contribution in [2.24, 2.45) is 0 Å². The summed E-state index contributed by atoms with van der Waals surface area (Å²) in [5.74, 6) is 0. The van der Waals surface area contributed by atoms with Crippen LogP contribution in [0.5, 0.6) is 0 Å². The minimum atomic E-state index is 0.0814. The minimum Gasteiger partial charge on any atom is -0.149 e. The summed E-state index contributed by atoms with van der Waals surface area (Å²) in [6.07, 6.45) is 0.918. The lowest BCUT2D eigenvalue weighted by molar-refractivity contribution is 0.934. The summed E-state index contributed by atoms with van der Waals surface area (Å²) in [7, 11) is 0. The normalized spacial score (nSPS) is 12.7. The number of aryl methyl sites for hydroxylation is 2. The quantitative estimate of drug-likeness (QED) is 0.681. The molecule has 0 N–H and O–H groups in total. The first-order chi connectivity index (χ1) is 7.66. The van der Waals surface area contributed by atoms with Gasteiger partial charge in [-0.2, -0.15) is 0 Å². The van der Waals surface area contributed by atoms with Crippen LogP contribution in [0.25, 0.3) is 0 Å². The molecular formula is C14H15ClS. The predicted octanol–water partition coefficient (Wildman–Crippen LogP) is 4.89. The molecule has 2 heteroatoms. The van der Waals surface area contributed by atoms with Gasteiger partial charge in [-0.05, 0) is 42.0 Å². The fourth-order valence-electron chi connectivity index (χ4n) is 1.68. The minimum absolute atomic E-state index is 0.0814. The molecule has 0 nitrogen and oxygen atoms in total. The molecule has 0 fully saturated rings. The molecule has 0 aliphatic rings. The summed E-state index contributed by atoms with van der Waals surface area (Å²) in [6.45, 7) is 4.26. The van der Waals surface area contributed by atoms with Crippen molar-refractivity contribution < 1.29 is 0 Å². The Morgan fingerprint density at radius 3 is 2.62 bits per heavy atom. The van der Waals surface area contributed by atoms with E-state index in [4.69, 9.17) is 11.6 Å². The predicted molar refractivity (Wildman–Crippen MR) is 72.5 cm³/mol. The van der Waals surface area contributed by atoms with Gasteiger partial charge in [-0.25, -0.2) is 0 Å². The van der Waals surface area contributed by atoms with Gasteiger partial charge in [0.05, 0.1) is 5.38 Å². The molecule has 0 spiro atoms. The molecule has 16 heavy (non-hydrogen) atoms. The van der Waals surface area contributed by atoms with Gasteiger partial charge in [-0.1, -0.05) is 24.3 Å². The molecule has 0 aliphatic heterocycles. The molecule has 0 bridgehead atoms. The van der Waals surface area contributed by atoms with Crippen LogP contribution in [0.2, 0.25) is 0 Å². The topological polar surface area (TPSA) is 0 Å². The van der Waals surface area contributed by atoms with Gasteiger partial charge in [0.25, 0.3) is 0 Å². The van der Waals surface area contributed by atoms with Crippen molar-refractivity contribution >= 4 is 22.9 Å². The molecule has 0 saturated carbocycles. The lowest BCUT2D eigenvalue weighted by Gasteiger charge is -2.10. The van der Waals surface area contributed by atoms with Gasteiger partial charge >= 0.3 is 0 Å². The van der Waals surface area contributed by atoms with Gasteiger partial charge in [-0.15, -0.1) is 22.9 Å². The van der Waals surface area contributed by atoms with Crippen LogP contribution in [-0.2, 0) is 6.42 Å². The number of hydrogen-bond donors (Lipinski definition) is 0. The summed E-state index contributed by atoms with van der Waals surface area (Å²) >= 11 is 8.20. The Labute approximate surface area is 106 Å². The highest BCUT2D eigenvalue weighted by atomic mass is 35.5. The summed E-state index contributed by atoms with van der Waals surface area (Å²) in [6, 6.07) is 10.7. The molecule has 84 valence electrons. The van der Waals surface area contributed by atoms with Gasteiger partial charge in [-0.3, -0.25) is 0 Å². The Balaban J connectivity index is 2.14. The highest BCUT2D eigenvalue weighted by molar-refractivity contribution is 7.09. The van der Waals surface area contributed by atoms with Gasteiger partial charge in [0, 0.05) is 11.3 Å². The zero-order chi connectivity index (χ0) is 11.5. The van der Waals surface area contributed by atoms with E-state index in [2.05, 4.69) is 49.6 Å². The molecule has 1 unspecified atom stereocenters. The third-order valence-electron chi connectivity index (χ3n) is 2.85. The summed E-state index contributed by atoms with van der Waals surface area (Å²) in [5, 5.41) is 2.18. The molecule has 1 heterocycles. The van der Waals surface area contributed by atoms with Crippen LogP contribution in [0.4, 0.5) is 0 Å². The molecule has 0 aliphatic carbocycles. The molecular weight excluding hydrogens is 236 g/mol. The first-order valence-electron chi connectivity index (χ1n) is 5.40. The van der Waals surface area contributed by atoms with E-state index < -0.39 is 0 Å². The van der Waals surface area contributed by atoms with E-state index in [0.717, 1.165) is 6.42 Å². The fourth-order valence-corrected chi connectivity index (χ4v) is 2.83. The SMILES string of the molecule is Cc1ccc(C(Cl)Cc2cccs2)cc1C. The van der Waals surface area contributed by atoms with Crippen molar-refractivity contribution in [2.45, 2.75) is 25.6 Å². The molecule has 0 radical (unpaired) electrons. The lowest BCUT2D eigenvalue weighted by Crippen LogP contribution is -1.95. The second kappa shape index (κ2) is 5.03. The zero-order valence-corrected chi connectivity index (χ0v) is 11.1. The van der Waals surface area contributed by atoms with Crippen LogP contribution in [0.1, 0.15) is 26.9 Å². The van der Waals surface area contributed by atoms with Gasteiger partial charge < -0.3 is 0 Å². The van der Waals surface area contributed by atoms with Crippen LogP contribution in [0, 0.1) is 13.8 Å². The third-order valence-corrected chi connectivity index (χ3v) is 4.16. The van der Waals surface area contributed by atoms with E-state index in [1.165, 1.54) is 21.6 Å². The molecule has 1 atom stereocenters. The first kappa shape index (κ1) is 11.7. The van der Waals surface area contributed by atoms with E-state index in [1.54, 1.807) is 11.3 Å². The standard InChI is InChI=1S/C14H15ClS/c1-10-5-6-12(8-11(10)2)14(15)9-13-4-3-7-16-13/h3-8,14H,9H2,1-2H3. The van der Waals surface area contributed by atoms with Crippen LogP contribution < -0.4 is 0 Å². The van der Waals surface area contributed by atoms with Gasteiger partial charge in [0.15, 0.2) is 0 Å². The van der Waals surface area contributed by atoms with Crippen molar-refractivity contribution in [1.82, 2.24) is 0 Å².